The van der Waals surface area contributed by atoms with Gasteiger partial charge in [0.1, 0.15) is 5.75 Å². The molecule has 2 amide bonds. The van der Waals surface area contributed by atoms with E-state index in [1.807, 2.05) is 48.2 Å². The van der Waals surface area contributed by atoms with Gasteiger partial charge >= 0.3 is 6.03 Å². The van der Waals surface area contributed by atoms with Gasteiger partial charge in [0.05, 0.1) is 13.2 Å². The Balaban J connectivity index is 1.79. The molecule has 1 atom stereocenters. The van der Waals surface area contributed by atoms with E-state index in [0.29, 0.717) is 0 Å². The minimum atomic E-state index is -0.0217. The molecule has 0 aromatic heterocycles. The maximum Gasteiger partial charge on any atom is 0.322 e. The lowest BCUT2D eigenvalue weighted by Gasteiger charge is -2.30. The second kappa shape index (κ2) is 8.06. The number of ether oxygens (including phenoxy) is 1. The van der Waals surface area contributed by atoms with Crippen LogP contribution in [0.2, 0.25) is 0 Å². The highest BCUT2D eigenvalue weighted by atomic mass is 16.5. The summed E-state index contributed by atoms with van der Waals surface area (Å²) in [6.07, 6.45) is 4.35. The van der Waals surface area contributed by atoms with Crippen LogP contribution in [-0.4, -0.2) is 24.6 Å². The predicted octanol–water partition coefficient (Wildman–Crippen LogP) is 5.15. The van der Waals surface area contributed by atoms with Crippen LogP contribution < -0.4 is 10.1 Å². The largest absolute Gasteiger partial charge is 0.497 e. The predicted molar refractivity (Wildman–Crippen MR) is 101 cm³/mol. The van der Waals surface area contributed by atoms with Gasteiger partial charge in [-0.2, -0.15) is 0 Å². The molecule has 0 radical (unpaired) electrons. The Morgan fingerprint density at radius 1 is 1.04 bits per heavy atom. The molecule has 1 heterocycles. The van der Waals surface area contributed by atoms with Crippen LogP contribution in [0.3, 0.4) is 0 Å². The van der Waals surface area contributed by atoms with Crippen molar-refractivity contribution in [2.75, 3.05) is 19.0 Å². The quantitative estimate of drug-likeness (QED) is 0.840. The van der Waals surface area contributed by atoms with Crippen LogP contribution in [-0.2, 0) is 0 Å². The van der Waals surface area contributed by atoms with Crippen molar-refractivity contribution in [3.05, 3.63) is 59.7 Å². The van der Waals surface area contributed by atoms with Gasteiger partial charge in [0.25, 0.3) is 0 Å². The Morgan fingerprint density at radius 2 is 1.76 bits per heavy atom. The normalized spacial score (nSPS) is 17.7. The summed E-state index contributed by atoms with van der Waals surface area (Å²) in [6, 6.07) is 16.1. The number of hydrogen-bond donors (Lipinski definition) is 1. The third-order valence-corrected chi connectivity index (χ3v) is 4.82. The van der Waals surface area contributed by atoms with Crippen LogP contribution in [0.15, 0.2) is 48.5 Å². The number of carbonyl (C=O) groups is 1. The molecule has 3 rings (SSSR count). The lowest BCUT2D eigenvalue weighted by atomic mass is 10.0. The number of nitrogens with one attached hydrogen (secondary N) is 1. The smallest absolute Gasteiger partial charge is 0.322 e. The van der Waals surface area contributed by atoms with E-state index in [-0.39, 0.29) is 12.1 Å². The van der Waals surface area contributed by atoms with Crippen molar-refractivity contribution >= 4 is 11.7 Å². The lowest BCUT2D eigenvalue weighted by Crippen LogP contribution is -2.38. The number of likely N-dealkylation sites (tertiary alicyclic amines) is 1. The molecule has 2 aromatic rings. The molecule has 4 heteroatoms. The molecule has 25 heavy (non-hydrogen) atoms. The molecule has 1 unspecified atom stereocenters. The Kier molecular flexibility index (Phi) is 5.59. The third-order valence-electron chi connectivity index (χ3n) is 4.82. The van der Waals surface area contributed by atoms with Crippen LogP contribution in [0.4, 0.5) is 10.5 Å². The van der Waals surface area contributed by atoms with Gasteiger partial charge in [0.15, 0.2) is 0 Å². The van der Waals surface area contributed by atoms with E-state index >= 15 is 0 Å². The molecule has 4 nitrogen and oxygen atoms in total. The van der Waals surface area contributed by atoms with E-state index in [4.69, 9.17) is 4.74 Å². The van der Waals surface area contributed by atoms with Gasteiger partial charge in [-0.05, 0) is 49.6 Å². The molecule has 132 valence electrons. The average Bonchev–Trinajstić information content (AvgIpc) is 2.90. The van der Waals surface area contributed by atoms with Crippen molar-refractivity contribution in [1.29, 1.82) is 0 Å². The first kappa shape index (κ1) is 17.3. The van der Waals surface area contributed by atoms with Crippen molar-refractivity contribution < 1.29 is 9.53 Å². The number of anilines is 1. The molecule has 1 aliphatic heterocycles. The third kappa shape index (κ3) is 4.32. The minimum Gasteiger partial charge on any atom is -0.497 e. The molecular formula is C21H26N2O2. The van der Waals surface area contributed by atoms with Crippen molar-refractivity contribution in [3.8, 4) is 5.75 Å². The maximum absolute atomic E-state index is 12.9. The SMILES string of the molecule is COc1ccc(C2CCCCCN2C(=O)Nc2ccc(C)cc2)cc1. The van der Waals surface area contributed by atoms with Gasteiger partial charge in [-0.25, -0.2) is 4.79 Å². The highest BCUT2D eigenvalue weighted by Gasteiger charge is 2.26. The highest BCUT2D eigenvalue weighted by Crippen LogP contribution is 2.31. The first-order valence-electron chi connectivity index (χ1n) is 8.95. The number of amides is 2. The second-order valence-corrected chi connectivity index (χ2v) is 6.63. The summed E-state index contributed by atoms with van der Waals surface area (Å²) in [5, 5.41) is 3.05. The number of carbonyl (C=O) groups excluding carboxylic acids is 1. The number of methoxy groups -OCH3 is 1. The summed E-state index contributed by atoms with van der Waals surface area (Å²) >= 11 is 0. The number of rotatable bonds is 3. The fourth-order valence-electron chi connectivity index (χ4n) is 3.36. The van der Waals surface area contributed by atoms with E-state index in [1.165, 1.54) is 17.5 Å². The molecule has 1 fully saturated rings. The Morgan fingerprint density at radius 3 is 2.44 bits per heavy atom. The van der Waals surface area contributed by atoms with Crippen LogP contribution in [0.1, 0.15) is 42.9 Å². The van der Waals surface area contributed by atoms with Crippen molar-refractivity contribution in [1.82, 2.24) is 4.90 Å². The van der Waals surface area contributed by atoms with Crippen molar-refractivity contribution in [2.24, 2.45) is 0 Å². The summed E-state index contributed by atoms with van der Waals surface area (Å²) < 4.78 is 5.25. The Hall–Kier alpha value is -2.49. The Bertz CT molecular complexity index is 695. The maximum atomic E-state index is 12.9. The summed E-state index contributed by atoms with van der Waals surface area (Å²) in [5.41, 5.74) is 3.19. The van der Waals surface area contributed by atoms with E-state index in [0.717, 1.165) is 37.2 Å². The number of nitrogens with zero attached hydrogens (tertiary/aromatic N) is 1. The lowest BCUT2D eigenvalue weighted by molar-refractivity contribution is 0.189. The van der Waals surface area contributed by atoms with E-state index in [9.17, 15) is 4.79 Å². The number of aryl methyl sites for hydroxylation is 1. The molecule has 0 bridgehead atoms. The van der Waals surface area contributed by atoms with Crippen molar-refractivity contribution in [2.45, 2.75) is 38.6 Å². The second-order valence-electron chi connectivity index (χ2n) is 6.63. The molecule has 0 aliphatic carbocycles. The fraction of sp³-hybridized carbons (Fsp3) is 0.381. The van der Waals surface area contributed by atoms with Crippen LogP contribution in [0.25, 0.3) is 0 Å². The minimum absolute atomic E-state index is 0.0217. The summed E-state index contributed by atoms with van der Waals surface area (Å²) in [5.74, 6) is 0.841. The molecule has 1 N–H and O–H groups in total. The highest BCUT2D eigenvalue weighted by molar-refractivity contribution is 5.89. The van der Waals surface area contributed by atoms with Gasteiger partial charge in [-0.3, -0.25) is 0 Å². The summed E-state index contributed by atoms with van der Waals surface area (Å²) in [6.45, 7) is 2.83. The fourth-order valence-corrected chi connectivity index (χ4v) is 3.36. The molecule has 2 aromatic carbocycles. The van der Waals surface area contributed by atoms with Gasteiger partial charge in [0, 0.05) is 12.2 Å². The van der Waals surface area contributed by atoms with Crippen molar-refractivity contribution in [3.63, 3.8) is 0 Å². The first-order valence-corrected chi connectivity index (χ1v) is 8.95. The molecule has 1 saturated heterocycles. The van der Waals surface area contributed by atoms with E-state index in [1.54, 1.807) is 7.11 Å². The average molecular weight is 338 g/mol. The van der Waals surface area contributed by atoms with E-state index in [2.05, 4.69) is 17.4 Å². The van der Waals surface area contributed by atoms with Crippen LogP contribution in [0.5, 0.6) is 5.75 Å². The van der Waals surface area contributed by atoms with Crippen LogP contribution in [0, 0.1) is 6.92 Å². The Labute approximate surface area is 149 Å². The summed E-state index contributed by atoms with van der Waals surface area (Å²) in [4.78, 5) is 14.9. The molecular weight excluding hydrogens is 312 g/mol. The molecule has 1 aliphatic rings. The van der Waals surface area contributed by atoms with Gasteiger partial charge < -0.3 is 15.0 Å². The summed E-state index contributed by atoms with van der Waals surface area (Å²) in [7, 11) is 1.67. The molecule has 0 spiro atoms. The number of urea groups is 1. The van der Waals surface area contributed by atoms with Gasteiger partial charge in [-0.15, -0.1) is 0 Å². The standard InChI is InChI=1S/C21H26N2O2/c1-16-7-11-18(12-8-16)22-21(24)23-15-5-3-4-6-20(23)17-9-13-19(25-2)14-10-17/h7-14,20H,3-6,15H2,1-2H3,(H,22,24). The topological polar surface area (TPSA) is 41.6 Å². The van der Waals surface area contributed by atoms with Gasteiger partial charge in [-0.1, -0.05) is 42.7 Å². The zero-order chi connectivity index (χ0) is 17.6. The first-order chi connectivity index (χ1) is 12.2. The molecule has 0 saturated carbocycles. The number of hydrogen-bond acceptors (Lipinski definition) is 2. The van der Waals surface area contributed by atoms with Gasteiger partial charge in [0.2, 0.25) is 0 Å². The zero-order valence-corrected chi connectivity index (χ0v) is 15.0. The van der Waals surface area contributed by atoms with E-state index < -0.39 is 0 Å². The zero-order valence-electron chi connectivity index (χ0n) is 15.0. The monoisotopic (exact) mass is 338 g/mol. The van der Waals surface area contributed by atoms with Crippen LogP contribution >= 0.6 is 0 Å². The number of benzene rings is 2.